The van der Waals surface area contributed by atoms with Crippen LogP contribution in [-0.4, -0.2) is 45.6 Å². The van der Waals surface area contributed by atoms with Gasteiger partial charge < -0.3 is 4.90 Å². The zero-order valence-electron chi connectivity index (χ0n) is 11.9. The Labute approximate surface area is 138 Å². The molecule has 3 heterocycles. The van der Waals surface area contributed by atoms with Crippen molar-refractivity contribution in [2.24, 2.45) is 0 Å². The van der Waals surface area contributed by atoms with Crippen LogP contribution < -0.4 is 4.90 Å². The van der Waals surface area contributed by atoms with Crippen LogP contribution in [0.15, 0.2) is 18.3 Å². The average Bonchev–Trinajstić information content (AvgIpc) is 2.81. The van der Waals surface area contributed by atoms with Gasteiger partial charge in [0.15, 0.2) is 0 Å². The van der Waals surface area contributed by atoms with E-state index in [-0.39, 0.29) is 0 Å². The first-order chi connectivity index (χ1) is 10.8. The van der Waals surface area contributed by atoms with E-state index in [0.29, 0.717) is 9.90 Å². The Balaban J connectivity index is 1.67. The third kappa shape index (κ3) is 3.35. The Bertz CT molecular complexity index is 682. The van der Waals surface area contributed by atoms with E-state index in [0.717, 1.165) is 50.7 Å². The van der Waals surface area contributed by atoms with Crippen LogP contribution in [0.3, 0.4) is 0 Å². The highest BCUT2D eigenvalue weighted by Crippen LogP contribution is 2.21. The van der Waals surface area contributed by atoms with Gasteiger partial charge in [-0.05, 0) is 18.6 Å². The summed E-state index contributed by atoms with van der Waals surface area (Å²) in [5, 5.41) is 13.3. The van der Waals surface area contributed by atoms with E-state index in [1.54, 1.807) is 12.3 Å². The second kappa shape index (κ2) is 7.01. The van der Waals surface area contributed by atoms with Crippen molar-refractivity contribution in [2.45, 2.75) is 13.0 Å². The molecule has 8 heteroatoms. The van der Waals surface area contributed by atoms with Gasteiger partial charge >= 0.3 is 0 Å². The zero-order chi connectivity index (χ0) is 15.4. The largest absolute Gasteiger partial charge is 0.354 e. The highest BCUT2D eigenvalue weighted by atomic mass is 35.5. The molecular formula is C14H15ClN6S. The Morgan fingerprint density at radius 1 is 1.32 bits per heavy atom. The van der Waals surface area contributed by atoms with Crippen LogP contribution >= 0.6 is 23.1 Å². The number of anilines is 1. The number of pyridine rings is 1. The summed E-state index contributed by atoms with van der Waals surface area (Å²) in [6.45, 7) is 4.30. The maximum Gasteiger partial charge on any atom is 0.146 e. The molecule has 1 aliphatic rings. The molecule has 0 aromatic carbocycles. The summed E-state index contributed by atoms with van der Waals surface area (Å²) >= 11 is 7.30. The smallest absolute Gasteiger partial charge is 0.146 e. The Morgan fingerprint density at radius 3 is 3.00 bits per heavy atom. The van der Waals surface area contributed by atoms with Crippen molar-refractivity contribution >= 4 is 29.0 Å². The minimum atomic E-state index is 0.627. The SMILES string of the molecule is N#Cc1cccnc1N1CCCN(Cc2nnsc2Cl)CC1. The van der Waals surface area contributed by atoms with Crippen LogP contribution in [0, 0.1) is 11.3 Å². The van der Waals surface area contributed by atoms with Crippen molar-refractivity contribution in [1.82, 2.24) is 19.5 Å². The average molecular weight is 335 g/mol. The molecule has 114 valence electrons. The number of rotatable bonds is 3. The Morgan fingerprint density at radius 2 is 2.23 bits per heavy atom. The molecule has 0 bridgehead atoms. The fraction of sp³-hybridized carbons (Fsp3) is 0.429. The first kappa shape index (κ1) is 15.2. The summed E-state index contributed by atoms with van der Waals surface area (Å²) < 4.78 is 4.54. The van der Waals surface area contributed by atoms with E-state index in [4.69, 9.17) is 11.6 Å². The second-order valence-corrected chi connectivity index (χ2v) is 6.45. The molecule has 1 aliphatic heterocycles. The van der Waals surface area contributed by atoms with Crippen LogP contribution in [-0.2, 0) is 6.54 Å². The van der Waals surface area contributed by atoms with Crippen LogP contribution in [0.1, 0.15) is 17.7 Å². The van der Waals surface area contributed by atoms with Gasteiger partial charge in [0.2, 0.25) is 0 Å². The van der Waals surface area contributed by atoms with Crippen LogP contribution in [0.25, 0.3) is 0 Å². The van der Waals surface area contributed by atoms with Crippen LogP contribution in [0.4, 0.5) is 5.82 Å². The lowest BCUT2D eigenvalue weighted by Gasteiger charge is -2.23. The number of hydrogen-bond acceptors (Lipinski definition) is 7. The standard InChI is InChI=1S/C14H15ClN6S/c15-13-12(18-19-22-13)10-20-5-2-6-21(8-7-20)14-11(9-16)3-1-4-17-14/h1,3-4H,2,5-8,10H2. The highest BCUT2D eigenvalue weighted by Gasteiger charge is 2.19. The van der Waals surface area contributed by atoms with E-state index < -0.39 is 0 Å². The van der Waals surface area contributed by atoms with Crippen molar-refractivity contribution in [1.29, 1.82) is 5.26 Å². The Hall–Kier alpha value is -1.75. The van der Waals surface area contributed by atoms with E-state index in [1.165, 1.54) is 11.5 Å². The summed E-state index contributed by atoms with van der Waals surface area (Å²) in [5.41, 5.74) is 1.47. The maximum absolute atomic E-state index is 9.22. The molecule has 1 saturated heterocycles. The van der Waals surface area contributed by atoms with Crippen molar-refractivity contribution in [3.05, 3.63) is 33.9 Å². The predicted molar refractivity (Wildman–Crippen MR) is 86.0 cm³/mol. The summed E-state index contributed by atoms with van der Waals surface area (Å²) in [5.74, 6) is 0.778. The van der Waals surface area contributed by atoms with Gasteiger partial charge in [0, 0.05) is 50.5 Å². The minimum absolute atomic E-state index is 0.627. The predicted octanol–water partition coefficient (Wildman–Crippen LogP) is 2.17. The molecule has 0 N–H and O–H groups in total. The van der Waals surface area contributed by atoms with Gasteiger partial charge in [0.25, 0.3) is 0 Å². The molecule has 3 rings (SSSR count). The quantitative estimate of drug-likeness (QED) is 0.857. The van der Waals surface area contributed by atoms with Gasteiger partial charge in [-0.2, -0.15) is 5.26 Å². The molecule has 22 heavy (non-hydrogen) atoms. The fourth-order valence-electron chi connectivity index (χ4n) is 2.58. The van der Waals surface area contributed by atoms with Gasteiger partial charge in [-0.3, -0.25) is 4.90 Å². The molecule has 0 radical (unpaired) electrons. The van der Waals surface area contributed by atoms with E-state index in [2.05, 4.69) is 30.4 Å². The third-order valence-corrected chi connectivity index (χ3v) is 4.66. The first-order valence-electron chi connectivity index (χ1n) is 7.07. The molecule has 2 aromatic heterocycles. The van der Waals surface area contributed by atoms with Crippen molar-refractivity contribution in [2.75, 3.05) is 31.1 Å². The maximum atomic E-state index is 9.22. The van der Waals surface area contributed by atoms with E-state index >= 15 is 0 Å². The molecular weight excluding hydrogens is 320 g/mol. The van der Waals surface area contributed by atoms with Gasteiger partial charge in [0.1, 0.15) is 21.9 Å². The molecule has 0 atom stereocenters. The second-order valence-electron chi connectivity index (χ2n) is 5.10. The number of nitriles is 1. The number of nitrogens with zero attached hydrogens (tertiary/aromatic N) is 6. The summed E-state index contributed by atoms with van der Waals surface area (Å²) in [7, 11) is 0. The van der Waals surface area contributed by atoms with Gasteiger partial charge in [-0.15, -0.1) is 5.10 Å². The van der Waals surface area contributed by atoms with Crippen molar-refractivity contribution < 1.29 is 0 Å². The normalized spacial score (nSPS) is 16.3. The van der Waals surface area contributed by atoms with Gasteiger partial charge in [-0.1, -0.05) is 16.1 Å². The van der Waals surface area contributed by atoms with E-state index in [9.17, 15) is 5.26 Å². The van der Waals surface area contributed by atoms with Crippen LogP contribution in [0.2, 0.25) is 4.34 Å². The molecule has 0 aliphatic carbocycles. The Kier molecular flexibility index (Phi) is 4.83. The lowest BCUT2D eigenvalue weighted by molar-refractivity contribution is 0.282. The molecule has 0 amide bonds. The monoisotopic (exact) mass is 334 g/mol. The molecule has 1 fully saturated rings. The molecule has 0 saturated carbocycles. The van der Waals surface area contributed by atoms with Crippen molar-refractivity contribution in [3.63, 3.8) is 0 Å². The number of halogens is 1. The molecule has 0 spiro atoms. The lowest BCUT2D eigenvalue weighted by Crippen LogP contribution is -2.31. The summed E-state index contributed by atoms with van der Waals surface area (Å²) in [6, 6.07) is 5.82. The first-order valence-corrected chi connectivity index (χ1v) is 8.22. The molecule has 2 aromatic rings. The zero-order valence-corrected chi connectivity index (χ0v) is 13.5. The number of hydrogen-bond donors (Lipinski definition) is 0. The summed E-state index contributed by atoms with van der Waals surface area (Å²) in [6.07, 6.45) is 2.75. The van der Waals surface area contributed by atoms with Crippen LogP contribution in [0.5, 0.6) is 0 Å². The third-order valence-electron chi connectivity index (χ3n) is 3.68. The van der Waals surface area contributed by atoms with E-state index in [1.807, 2.05) is 6.07 Å². The number of aromatic nitrogens is 3. The minimum Gasteiger partial charge on any atom is -0.354 e. The van der Waals surface area contributed by atoms with Crippen molar-refractivity contribution in [3.8, 4) is 6.07 Å². The van der Waals surface area contributed by atoms with Gasteiger partial charge in [-0.25, -0.2) is 4.98 Å². The lowest BCUT2D eigenvalue weighted by atomic mass is 10.2. The topological polar surface area (TPSA) is 68.9 Å². The molecule has 0 unspecified atom stereocenters. The molecule has 6 nitrogen and oxygen atoms in total. The van der Waals surface area contributed by atoms with Gasteiger partial charge in [0.05, 0.1) is 5.56 Å². The highest BCUT2D eigenvalue weighted by molar-refractivity contribution is 7.10. The summed E-state index contributed by atoms with van der Waals surface area (Å²) in [4.78, 5) is 8.87. The fourth-order valence-corrected chi connectivity index (χ4v) is 3.19.